The number of nitrogens with one attached hydrogen (secondary N) is 1. The van der Waals surface area contributed by atoms with Crippen molar-refractivity contribution in [3.63, 3.8) is 0 Å². The van der Waals surface area contributed by atoms with Crippen LogP contribution in [-0.4, -0.2) is 31.6 Å². The maximum Gasteiger partial charge on any atom is 0.343 e. The van der Waals surface area contributed by atoms with E-state index < -0.39 is 5.97 Å². The third kappa shape index (κ3) is 19.3. The van der Waals surface area contributed by atoms with E-state index >= 15 is 0 Å². The van der Waals surface area contributed by atoms with Crippen molar-refractivity contribution in [1.82, 2.24) is 0 Å². The van der Waals surface area contributed by atoms with Gasteiger partial charge in [0.2, 0.25) is 0 Å². The molecule has 0 radical (unpaired) electrons. The molecular weight excluding hydrogens is 951 g/mol. The Kier molecular flexibility index (Phi) is 23.8. The third-order valence-corrected chi connectivity index (χ3v) is 11.9. The first-order valence-electron chi connectivity index (χ1n) is 25.7. The average Bonchev–Trinajstić information content (AvgIpc) is 3.43. The lowest BCUT2D eigenvalue weighted by molar-refractivity contribution is -0.128. The van der Waals surface area contributed by atoms with Crippen LogP contribution in [0.1, 0.15) is 103 Å². The lowest BCUT2D eigenvalue weighted by atomic mass is 10.1. The van der Waals surface area contributed by atoms with Gasteiger partial charge in [0, 0.05) is 56.5 Å². The Bertz CT molecular complexity index is 3060. The summed E-state index contributed by atoms with van der Waals surface area (Å²) in [6.45, 7) is 13.7. The quantitative estimate of drug-likeness (QED) is 0.0121. The Balaban J connectivity index is 0.000000233. The number of carbonyl (C=O) groups excluding carboxylic acids is 3. The summed E-state index contributed by atoms with van der Waals surface area (Å²) in [7, 11) is 0. The fourth-order valence-electron chi connectivity index (χ4n) is 7.70. The van der Waals surface area contributed by atoms with Crippen molar-refractivity contribution >= 4 is 68.4 Å². The number of hydrogen-bond donors (Lipinski definition) is 5. The maximum absolute atomic E-state index is 12.6. The second kappa shape index (κ2) is 31.1. The highest BCUT2D eigenvalue weighted by atomic mass is 16.5. The molecule has 9 N–H and O–H groups in total. The third-order valence-electron chi connectivity index (χ3n) is 11.9. The van der Waals surface area contributed by atoms with Gasteiger partial charge in [0.15, 0.2) is 0 Å². The molecule has 76 heavy (non-hydrogen) atoms. The summed E-state index contributed by atoms with van der Waals surface area (Å²) >= 11 is 0. The summed E-state index contributed by atoms with van der Waals surface area (Å²) in [5.74, 6) is 0.973. The van der Waals surface area contributed by atoms with Crippen molar-refractivity contribution in [3.8, 4) is 17.2 Å². The van der Waals surface area contributed by atoms with Gasteiger partial charge in [-0.25, -0.2) is 9.59 Å². The van der Waals surface area contributed by atoms with Crippen molar-refractivity contribution in [2.45, 2.75) is 85.6 Å². The van der Waals surface area contributed by atoms with Crippen LogP contribution in [0.15, 0.2) is 176 Å². The molecule has 0 bridgehead atoms. The van der Waals surface area contributed by atoms with E-state index in [-0.39, 0.29) is 5.97 Å². The van der Waals surface area contributed by atoms with Crippen LogP contribution in [-0.2, 0) is 22.5 Å². The molecule has 0 unspecified atom stereocenters. The van der Waals surface area contributed by atoms with Crippen LogP contribution in [0.25, 0.3) is 21.5 Å². The van der Waals surface area contributed by atoms with Gasteiger partial charge >= 0.3 is 11.9 Å². The number of hydrogen-bond acceptors (Lipinski definition) is 12. The summed E-state index contributed by atoms with van der Waals surface area (Å²) in [5, 5.41) is 7.61. The van der Waals surface area contributed by atoms with Gasteiger partial charge in [0.05, 0.1) is 24.3 Å². The first-order valence-corrected chi connectivity index (χ1v) is 25.7. The van der Waals surface area contributed by atoms with E-state index in [2.05, 4.69) is 23.6 Å². The van der Waals surface area contributed by atoms with E-state index in [1.54, 1.807) is 54.6 Å². The number of nitrogens with two attached hydrogens (primary N) is 4. The van der Waals surface area contributed by atoms with Crippen LogP contribution in [0.2, 0.25) is 0 Å². The summed E-state index contributed by atoms with van der Waals surface area (Å²) in [4.78, 5) is 34.8. The van der Waals surface area contributed by atoms with E-state index in [9.17, 15) is 14.4 Å². The van der Waals surface area contributed by atoms with E-state index in [1.807, 2.05) is 130 Å². The molecule has 0 fully saturated rings. The van der Waals surface area contributed by atoms with Gasteiger partial charge in [-0.3, -0.25) is 4.79 Å². The fourth-order valence-corrected chi connectivity index (χ4v) is 7.70. The lowest BCUT2D eigenvalue weighted by Crippen LogP contribution is -2.09. The molecule has 8 rings (SSSR count). The van der Waals surface area contributed by atoms with Crippen molar-refractivity contribution in [1.29, 1.82) is 0 Å². The SMILES string of the molecule is C=C(C)C.CCCCCc1ccc(OC(=O)c2ccc(N)c(C)c2)cc1.Nc1ccc(N)c2ccccc12.Nc1ccc(NCc2ccc(OC(=O)c3ccc(OCCCCCCOC=O)cc3)cc2)c2ccccc12. The number of unbranched alkanes of at least 4 members (excludes halogenated alkanes) is 5. The van der Waals surface area contributed by atoms with Gasteiger partial charge in [-0.2, -0.15) is 0 Å². The zero-order valence-electron chi connectivity index (χ0n) is 44.3. The molecule has 0 spiro atoms. The van der Waals surface area contributed by atoms with E-state index in [1.165, 1.54) is 30.4 Å². The Morgan fingerprint density at radius 2 is 0.987 bits per heavy atom. The number of carbonyl (C=O) groups is 3. The van der Waals surface area contributed by atoms with Gasteiger partial charge < -0.3 is 47.2 Å². The Morgan fingerprint density at radius 1 is 0.526 bits per heavy atom. The lowest BCUT2D eigenvalue weighted by Gasteiger charge is -2.12. The molecule has 12 heteroatoms. The number of nitrogen functional groups attached to an aromatic ring is 4. The van der Waals surface area contributed by atoms with E-state index in [0.717, 1.165) is 87.5 Å². The van der Waals surface area contributed by atoms with E-state index in [4.69, 9.17) is 37.1 Å². The fraction of sp³-hybridized carbons (Fsp3) is 0.234. The largest absolute Gasteiger partial charge is 0.494 e. The van der Waals surface area contributed by atoms with Crippen LogP contribution in [0, 0.1) is 6.92 Å². The number of rotatable bonds is 20. The van der Waals surface area contributed by atoms with Crippen molar-refractivity contribution in [2.24, 2.45) is 0 Å². The second-order valence-corrected chi connectivity index (χ2v) is 18.4. The number of esters is 2. The molecule has 0 aliphatic rings. The predicted octanol–water partition coefficient (Wildman–Crippen LogP) is 14.5. The highest BCUT2D eigenvalue weighted by molar-refractivity contribution is 6.01. The summed E-state index contributed by atoms with van der Waals surface area (Å²) in [6.07, 6.45) is 8.48. The average molecular weight is 1020 g/mol. The molecule has 8 aromatic rings. The minimum Gasteiger partial charge on any atom is -0.494 e. The molecule has 0 aromatic heterocycles. The van der Waals surface area contributed by atoms with Crippen LogP contribution in [0.3, 0.4) is 0 Å². The number of ether oxygens (including phenoxy) is 4. The standard InChI is InChI=1S/C31H32N2O5.C19H23NO2.C10H10N2.C4H8/c32-29-17-18-30(28-8-4-3-7-27(28)29)33-21-23-9-13-26(14-10-23)38-31(35)24-11-15-25(16-12-24)37-20-6-2-1-5-19-36-22-34;1-3-4-5-6-15-7-10-17(11-8-15)22-19(21)16-9-12-18(20)14(2)13-16;11-9-5-6-10(12)8-4-2-1-3-7(8)9;1-4(2)3/h3-4,7-18,22,33H,1-2,5-6,19-21,32H2;7-13H,3-6,20H2,1-2H3;1-6H,11-12H2;1H2,2-3H3. The smallest absolute Gasteiger partial charge is 0.343 e. The topological polar surface area (TPSA) is 204 Å². The molecule has 0 atom stereocenters. The zero-order chi connectivity index (χ0) is 54.7. The van der Waals surface area contributed by atoms with E-state index in [0.29, 0.717) is 60.3 Å². The van der Waals surface area contributed by atoms with Crippen molar-refractivity contribution in [2.75, 3.05) is 41.5 Å². The molecule has 8 aromatic carbocycles. The minimum absolute atomic E-state index is 0.359. The molecular formula is C64H73N5O7. The van der Waals surface area contributed by atoms with Crippen LogP contribution >= 0.6 is 0 Å². The summed E-state index contributed by atoms with van der Waals surface area (Å²) < 4.78 is 21.3. The summed E-state index contributed by atoms with van der Waals surface area (Å²) in [6, 6.07) is 50.7. The first kappa shape index (κ1) is 58.1. The molecule has 0 aliphatic carbocycles. The Labute approximate surface area is 448 Å². The second-order valence-electron chi connectivity index (χ2n) is 18.4. The molecule has 12 nitrogen and oxygen atoms in total. The molecule has 0 heterocycles. The number of anilines is 5. The molecule has 0 saturated heterocycles. The normalized spacial score (nSPS) is 10.3. The molecule has 396 valence electrons. The van der Waals surface area contributed by atoms with Gasteiger partial charge in [-0.1, -0.05) is 98.1 Å². The predicted molar refractivity (Wildman–Crippen MR) is 313 cm³/mol. The number of allylic oxidation sites excluding steroid dienone is 1. The van der Waals surface area contributed by atoms with Crippen molar-refractivity contribution in [3.05, 3.63) is 204 Å². The van der Waals surface area contributed by atoms with Gasteiger partial charge in [-0.05, 0) is 167 Å². The highest BCUT2D eigenvalue weighted by Crippen LogP contribution is 2.29. The number of aryl methyl sites for hydroxylation is 2. The molecule has 0 aliphatic heterocycles. The van der Waals surface area contributed by atoms with Crippen LogP contribution in [0.4, 0.5) is 28.4 Å². The van der Waals surface area contributed by atoms with Gasteiger partial charge in [0.25, 0.3) is 6.47 Å². The van der Waals surface area contributed by atoms with Crippen molar-refractivity contribution < 1.29 is 33.3 Å². The van der Waals surface area contributed by atoms with Crippen LogP contribution < -0.4 is 42.5 Å². The minimum atomic E-state index is -0.423. The highest BCUT2D eigenvalue weighted by Gasteiger charge is 2.12. The molecule has 0 saturated carbocycles. The maximum atomic E-state index is 12.6. The number of fused-ring (bicyclic) bond motifs is 2. The first-order chi connectivity index (χ1) is 36.8. The van der Waals surface area contributed by atoms with Crippen LogP contribution in [0.5, 0.6) is 17.2 Å². The van der Waals surface area contributed by atoms with Gasteiger partial charge in [0.1, 0.15) is 17.2 Å². The number of benzene rings is 8. The Hall–Kier alpha value is -8.77. The Morgan fingerprint density at radius 3 is 1.53 bits per heavy atom. The zero-order valence-corrected chi connectivity index (χ0v) is 44.3. The summed E-state index contributed by atoms with van der Waals surface area (Å²) in [5.41, 5.74) is 32.7. The molecule has 0 amide bonds. The van der Waals surface area contributed by atoms with Gasteiger partial charge in [-0.15, -0.1) is 6.58 Å². The monoisotopic (exact) mass is 1020 g/mol.